The maximum Gasteiger partial charge on any atom is 0.514 e. The molecule has 0 aliphatic heterocycles. The third-order valence-corrected chi connectivity index (χ3v) is 1.91. The van der Waals surface area contributed by atoms with Crippen molar-refractivity contribution in [1.82, 2.24) is 19.8 Å². The summed E-state index contributed by atoms with van der Waals surface area (Å²) in [6, 6.07) is 1.54. The minimum Gasteiger partial charge on any atom is -0.437 e. The Balaban J connectivity index is 2.48. The van der Waals surface area contributed by atoms with Gasteiger partial charge in [-0.25, -0.2) is 4.79 Å². The molecule has 2 heterocycles. The summed E-state index contributed by atoms with van der Waals surface area (Å²) < 4.78 is 10.4. The molecule has 8 heteroatoms. The first-order valence-corrected chi connectivity index (χ1v) is 4.36. The van der Waals surface area contributed by atoms with E-state index in [0.29, 0.717) is 5.65 Å². The van der Waals surface area contributed by atoms with E-state index in [4.69, 9.17) is 10.5 Å². The number of carbonyl (C=O) groups excluding carboxylic acids is 1. The second-order valence-corrected chi connectivity index (χ2v) is 3.02. The number of fused-ring (bicyclic) bond motifs is 1. The monoisotopic (exact) mass is 223 g/mol. The number of anilines is 1. The number of hydrogen-bond acceptors (Lipinski definition) is 7. The van der Waals surface area contributed by atoms with Crippen LogP contribution in [0.5, 0.6) is 5.88 Å². The van der Waals surface area contributed by atoms with Crippen molar-refractivity contribution in [2.45, 2.75) is 6.92 Å². The SMILES string of the molecule is COC(=O)Oc1cc(C)c2nnc(N)n2n1. The fourth-order valence-electron chi connectivity index (χ4n) is 1.19. The number of carbonyl (C=O) groups is 1. The number of aromatic nitrogens is 4. The average molecular weight is 223 g/mol. The van der Waals surface area contributed by atoms with Crippen molar-refractivity contribution in [3.63, 3.8) is 0 Å². The highest BCUT2D eigenvalue weighted by Gasteiger charge is 2.11. The molecule has 0 fully saturated rings. The predicted octanol–water partition coefficient (Wildman–Crippen LogP) is 0.160. The number of nitrogens with zero attached hydrogens (tertiary/aromatic N) is 4. The number of rotatable bonds is 1. The smallest absolute Gasteiger partial charge is 0.437 e. The molecule has 0 aliphatic carbocycles. The van der Waals surface area contributed by atoms with Crippen molar-refractivity contribution < 1.29 is 14.3 Å². The van der Waals surface area contributed by atoms with Gasteiger partial charge in [-0.2, -0.15) is 4.52 Å². The van der Waals surface area contributed by atoms with Crippen LogP contribution in [0.2, 0.25) is 0 Å². The average Bonchev–Trinajstić information content (AvgIpc) is 2.61. The zero-order valence-electron chi connectivity index (χ0n) is 8.67. The topological polar surface area (TPSA) is 105 Å². The van der Waals surface area contributed by atoms with Crippen molar-refractivity contribution in [2.75, 3.05) is 12.8 Å². The van der Waals surface area contributed by atoms with E-state index in [-0.39, 0.29) is 11.8 Å². The first kappa shape index (κ1) is 10.1. The first-order valence-electron chi connectivity index (χ1n) is 4.36. The van der Waals surface area contributed by atoms with Gasteiger partial charge >= 0.3 is 6.16 Å². The molecular weight excluding hydrogens is 214 g/mol. The van der Waals surface area contributed by atoms with Gasteiger partial charge in [0.05, 0.1) is 7.11 Å². The van der Waals surface area contributed by atoms with Gasteiger partial charge in [0.1, 0.15) is 0 Å². The third-order valence-electron chi connectivity index (χ3n) is 1.91. The van der Waals surface area contributed by atoms with Crippen LogP contribution in [0.3, 0.4) is 0 Å². The van der Waals surface area contributed by atoms with Gasteiger partial charge in [0.15, 0.2) is 5.65 Å². The molecule has 8 nitrogen and oxygen atoms in total. The van der Waals surface area contributed by atoms with Crippen LogP contribution in [0.4, 0.5) is 10.7 Å². The maximum atomic E-state index is 10.9. The molecule has 0 saturated heterocycles. The van der Waals surface area contributed by atoms with E-state index >= 15 is 0 Å². The van der Waals surface area contributed by atoms with Crippen LogP contribution < -0.4 is 10.5 Å². The molecular formula is C8H9N5O3. The Morgan fingerprint density at radius 3 is 2.94 bits per heavy atom. The van der Waals surface area contributed by atoms with Crippen LogP contribution in [0.25, 0.3) is 5.65 Å². The van der Waals surface area contributed by atoms with E-state index in [0.717, 1.165) is 5.56 Å². The molecule has 16 heavy (non-hydrogen) atoms. The van der Waals surface area contributed by atoms with Crippen molar-refractivity contribution in [3.8, 4) is 5.88 Å². The quantitative estimate of drug-likeness (QED) is 0.686. The Morgan fingerprint density at radius 2 is 2.25 bits per heavy atom. The Hall–Kier alpha value is -2.38. The lowest BCUT2D eigenvalue weighted by atomic mass is 10.3. The van der Waals surface area contributed by atoms with Crippen LogP contribution in [0.1, 0.15) is 5.56 Å². The number of nitrogen functional groups attached to an aromatic ring is 1. The summed E-state index contributed by atoms with van der Waals surface area (Å²) in [4.78, 5) is 10.9. The highest BCUT2D eigenvalue weighted by atomic mass is 16.7. The molecule has 84 valence electrons. The molecule has 2 aromatic rings. The van der Waals surface area contributed by atoms with Crippen LogP contribution in [-0.2, 0) is 4.74 Å². The Bertz CT molecular complexity index is 550. The number of methoxy groups -OCH3 is 1. The molecule has 0 amide bonds. The summed E-state index contributed by atoms with van der Waals surface area (Å²) in [6.45, 7) is 1.77. The summed E-state index contributed by atoms with van der Waals surface area (Å²) in [5.74, 6) is 0.191. The Kier molecular flexibility index (Phi) is 2.31. The van der Waals surface area contributed by atoms with E-state index in [1.165, 1.54) is 11.6 Å². The molecule has 0 aromatic carbocycles. The molecule has 2 rings (SSSR count). The molecule has 0 bridgehead atoms. The Labute approximate surface area is 90.0 Å². The van der Waals surface area contributed by atoms with Crippen molar-refractivity contribution in [1.29, 1.82) is 0 Å². The van der Waals surface area contributed by atoms with E-state index in [9.17, 15) is 4.79 Å². The fourth-order valence-corrected chi connectivity index (χ4v) is 1.19. The highest BCUT2D eigenvalue weighted by Crippen LogP contribution is 2.15. The van der Waals surface area contributed by atoms with Gasteiger partial charge in [0.25, 0.3) is 0 Å². The van der Waals surface area contributed by atoms with E-state index in [2.05, 4.69) is 20.0 Å². The van der Waals surface area contributed by atoms with Crippen LogP contribution >= 0.6 is 0 Å². The number of hydrogen-bond donors (Lipinski definition) is 1. The third kappa shape index (κ3) is 1.60. The van der Waals surface area contributed by atoms with Crippen molar-refractivity contribution >= 4 is 17.8 Å². The lowest BCUT2D eigenvalue weighted by Gasteiger charge is -2.03. The van der Waals surface area contributed by atoms with Crippen molar-refractivity contribution in [2.24, 2.45) is 0 Å². The molecule has 2 N–H and O–H groups in total. The summed E-state index contributed by atoms with van der Waals surface area (Å²) >= 11 is 0. The first-order chi connectivity index (χ1) is 7.61. The highest BCUT2D eigenvalue weighted by molar-refractivity contribution is 5.63. The molecule has 0 radical (unpaired) electrons. The summed E-state index contributed by atoms with van der Waals surface area (Å²) in [6.07, 6.45) is -0.849. The van der Waals surface area contributed by atoms with Gasteiger partial charge in [-0.1, -0.05) is 0 Å². The van der Waals surface area contributed by atoms with Gasteiger partial charge in [-0.15, -0.1) is 15.3 Å². The largest absolute Gasteiger partial charge is 0.514 e. The molecule has 0 saturated carbocycles. The molecule has 2 aromatic heterocycles. The summed E-state index contributed by atoms with van der Waals surface area (Å²) in [5, 5.41) is 11.4. The lowest BCUT2D eigenvalue weighted by Crippen LogP contribution is -2.10. The minimum absolute atomic E-state index is 0.0725. The predicted molar refractivity (Wildman–Crippen MR) is 53.0 cm³/mol. The Morgan fingerprint density at radius 1 is 1.50 bits per heavy atom. The summed E-state index contributed by atoms with van der Waals surface area (Å²) in [5.41, 5.74) is 6.78. The number of nitrogens with two attached hydrogens (primary N) is 1. The minimum atomic E-state index is -0.849. The molecule has 0 spiro atoms. The molecule has 0 aliphatic rings. The molecule has 0 atom stereocenters. The van der Waals surface area contributed by atoms with Gasteiger partial charge in [-0.3, -0.25) is 0 Å². The lowest BCUT2D eigenvalue weighted by molar-refractivity contribution is 0.119. The van der Waals surface area contributed by atoms with Gasteiger partial charge in [-0.05, 0) is 6.92 Å². The van der Waals surface area contributed by atoms with Crippen LogP contribution in [0.15, 0.2) is 6.07 Å². The second-order valence-electron chi connectivity index (χ2n) is 3.02. The second kappa shape index (κ2) is 3.65. The van der Waals surface area contributed by atoms with Gasteiger partial charge < -0.3 is 15.2 Å². The van der Waals surface area contributed by atoms with E-state index in [1.54, 1.807) is 13.0 Å². The number of ether oxygens (including phenoxy) is 2. The standard InChI is InChI=1S/C8H9N5O3/c1-4-3-5(16-8(14)15-2)12-13-6(4)10-11-7(13)9/h3H,1-2H3,(H2,9,11). The van der Waals surface area contributed by atoms with E-state index < -0.39 is 6.16 Å². The van der Waals surface area contributed by atoms with Gasteiger partial charge in [0, 0.05) is 11.6 Å². The van der Waals surface area contributed by atoms with Crippen LogP contribution in [0, 0.1) is 6.92 Å². The normalized spacial score (nSPS) is 10.4. The molecule has 0 unspecified atom stereocenters. The number of aryl methyl sites for hydroxylation is 1. The maximum absolute atomic E-state index is 10.9. The zero-order valence-corrected chi connectivity index (χ0v) is 8.67. The van der Waals surface area contributed by atoms with Crippen molar-refractivity contribution in [3.05, 3.63) is 11.6 Å². The van der Waals surface area contributed by atoms with Crippen LogP contribution in [-0.4, -0.2) is 33.1 Å². The van der Waals surface area contributed by atoms with Gasteiger partial charge in [0.2, 0.25) is 11.8 Å². The fraction of sp³-hybridized carbons (Fsp3) is 0.250. The zero-order chi connectivity index (χ0) is 11.7. The van der Waals surface area contributed by atoms with E-state index in [1.807, 2.05) is 0 Å². The summed E-state index contributed by atoms with van der Waals surface area (Å²) in [7, 11) is 1.21.